The molecule has 1 rings (SSSR count). The molecular weight excluding hydrogens is 264 g/mol. The lowest BCUT2D eigenvalue weighted by Crippen LogP contribution is -2.46. The van der Waals surface area contributed by atoms with Crippen LogP contribution in [-0.4, -0.2) is 31.7 Å². The molecule has 0 aromatic carbocycles. The van der Waals surface area contributed by atoms with E-state index in [1.54, 1.807) is 0 Å². The molecule has 2 unspecified atom stereocenters. The van der Waals surface area contributed by atoms with Gasteiger partial charge in [-0.05, 0) is 37.5 Å². The number of rotatable bonds is 9. The largest absolute Gasteiger partial charge is 0.382 e. The first-order valence-electron chi connectivity index (χ1n) is 7.15. The van der Waals surface area contributed by atoms with Gasteiger partial charge in [-0.1, -0.05) is 20.3 Å². The summed E-state index contributed by atoms with van der Waals surface area (Å²) in [6, 6.07) is -0.377. The van der Waals surface area contributed by atoms with Crippen molar-refractivity contribution in [1.29, 1.82) is 0 Å². The minimum Gasteiger partial charge on any atom is -0.382 e. The monoisotopic (exact) mass is 292 g/mol. The number of nitrogens with two attached hydrogens (primary N) is 1. The van der Waals surface area contributed by atoms with Crippen LogP contribution in [0.15, 0.2) is 0 Å². The maximum Gasteiger partial charge on any atom is 0.237 e. The fraction of sp³-hybridized carbons (Fsp3) is 0.929. The minimum atomic E-state index is -0.377. The van der Waals surface area contributed by atoms with Gasteiger partial charge in [-0.2, -0.15) is 0 Å². The van der Waals surface area contributed by atoms with Crippen LogP contribution in [0.25, 0.3) is 0 Å². The number of amides is 1. The predicted molar refractivity (Wildman–Crippen MR) is 80.5 cm³/mol. The van der Waals surface area contributed by atoms with E-state index in [1.165, 1.54) is 12.8 Å². The van der Waals surface area contributed by atoms with Gasteiger partial charge in [0.1, 0.15) is 0 Å². The summed E-state index contributed by atoms with van der Waals surface area (Å²) in [5, 5.41) is 3.01. The summed E-state index contributed by atoms with van der Waals surface area (Å²) >= 11 is 0. The quantitative estimate of drug-likeness (QED) is 0.640. The van der Waals surface area contributed by atoms with E-state index < -0.39 is 0 Å². The first-order chi connectivity index (χ1) is 8.54. The molecule has 4 nitrogen and oxygen atoms in total. The fourth-order valence-corrected chi connectivity index (χ4v) is 2.03. The van der Waals surface area contributed by atoms with Crippen molar-refractivity contribution in [3.63, 3.8) is 0 Å². The molecule has 0 spiro atoms. The Kier molecular flexibility index (Phi) is 8.62. The summed E-state index contributed by atoms with van der Waals surface area (Å²) in [6.45, 7) is 8.40. The summed E-state index contributed by atoms with van der Waals surface area (Å²) in [7, 11) is 0. The Morgan fingerprint density at radius 1 is 1.42 bits per heavy atom. The second kappa shape index (κ2) is 8.77. The van der Waals surface area contributed by atoms with Crippen LogP contribution in [0.1, 0.15) is 46.5 Å². The van der Waals surface area contributed by atoms with Crippen LogP contribution in [0.3, 0.4) is 0 Å². The van der Waals surface area contributed by atoms with Crippen LogP contribution in [0, 0.1) is 11.3 Å². The van der Waals surface area contributed by atoms with Crippen molar-refractivity contribution in [2.24, 2.45) is 17.1 Å². The Labute approximate surface area is 123 Å². The number of hydrogen-bond acceptors (Lipinski definition) is 3. The Bertz CT molecular complexity index is 270. The average Bonchev–Trinajstić information content (AvgIpc) is 3.15. The van der Waals surface area contributed by atoms with E-state index in [0.717, 1.165) is 32.6 Å². The van der Waals surface area contributed by atoms with Gasteiger partial charge >= 0.3 is 0 Å². The molecule has 2 atom stereocenters. The number of carbonyl (C=O) groups excluding carboxylic acids is 1. The molecule has 19 heavy (non-hydrogen) atoms. The zero-order chi connectivity index (χ0) is 13.6. The van der Waals surface area contributed by atoms with Crippen molar-refractivity contribution in [2.45, 2.75) is 52.5 Å². The molecule has 1 fully saturated rings. The molecule has 0 heterocycles. The smallest absolute Gasteiger partial charge is 0.237 e. The molecule has 0 radical (unpaired) electrons. The zero-order valence-electron chi connectivity index (χ0n) is 12.4. The summed E-state index contributed by atoms with van der Waals surface area (Å²) in [4.78, 5) is 11.9. The maximum atomic E-state index is 11.9. The molecule has 5 heteroatoms. The van der Waals surface area contributed by atoms with E-state index in [0.29, 0.717) is 5.41 Å². The van der Waals surface area contributed by atoms with Crippen molar-refractivity contribution in [3.05, 3.63) is 0 Å². The third kappa shape index (κ3) is 6.11. The van der Waals surface area contributed by atoms with Crippen molar-refractivity contribution in [3.8, 4) is 0 Å². The molecule has 0 aromatic heterocycles. The lowest BCUT2D eigenvalue weighted by molar-refractivity contribution is -0.123. The van der Waals surface area contributed by atoms with Gasteiger partial charge in [-0.3, -0.25) is 4.79 Å². The SMILES string of the molecule is CCOCCC1(CNC(=O)C(N)C(C)CC)CC1.Cl. The number of hydrogen-bond donors (Lipinski definition) is 2. The maximum absolute atomic E-state index is 11.9. The normalized spacial score (nSPS) is 19.2. The zero-order valence-corrected chi connectivity index (χ0v) is 13.2. The van der Waals surface area contributed by atoms with Gasteiger partial charge in [0, 0.05) is 19.8 Å². The van der Waals surface area contributed by atoms with Crippen LogP contribution in [-0.2, 0) is 9.53 Å². The molecule has 0 saturated heterocycles. The lowest BCUT2D eigenvalue weighted by Gasteiger charge is -2.21. The van der Waals surface area contributed by atoms with Crippen LogP contribution in [0.5, 0.6) is 0 Å². The van der Waals surface area contributed by atoms with Crippen LogP contribution < -0.4 is 11.1 Å². The van der Waals surface area contributed by atoms with E-state index in [9.17, 15) is 4.79 Å². The van der Waals surface area contributed by atoms with Crippen LogP contribution in [0.2, 0.25) is 0 Å². The van der Waals surface area contributed by atoms with Gasteiger partial charge in [0.2, 0.25) is 5.91 Å². The second-order valence-corrected chi connectivity index (χ2v) is 5.58. The van der Waals surface area contributed by atoms with E-state index >= 15 is 0 Å². The van der Waals surface area contributed by atoms with Gasteiger partial charge in [0.05, 0.1) is 6.04 Å². The van der Waals surface area contributed by atoms with Crippen LogP contribution >= 0.6 is 12.4 Å². The topological polar surface area (TPSA) is 64.3 Å². The molecule has 114 valence electrons. The van der Waals surface area contributed by atoms with Crippen molar-refractivity contribution in [1.82, 2.24) is 5.32 Å². The van der Waals surface area contributed by atoms with E-state index in [1.807, 2.05) is 13.8 Å². The van der Waals surface area contributed by atoms with E-state index in [4.69, 9.17) is 10.5 Å². The van der Waals surface area contributed by atoms with Crippen LogP contribution in [0.4, 0.5) is 0 Å². The molecule has 1 amide bonds. The summed E-state index contributed by atoms with van der Waals surface area (Å²) in [6.07, 6.45) is 4.36. The van der Waals surface area contributed by atoms with E-state index in [-0.39, 0.29) is 30.3 Å². The van der Waals surface area contributed by atoms with Gasteiger partial charge < -0.3 is 15.8 Å². The fourth-order valence-electron chi connectivity index (χ4n) is 2.03. The predicted octanol–water partition coefficient (Wildman–Crippen LogP) is 2.10. The second-order valence-electron chi connectivity index (χ2n) is 5.58. The molecule has 0 aromatic rings. The molecule has 1 saturated carbocycles. The standard InChI is InChI=1S/C14H28N2O2.ClH/c1-4-11(3)12(15)13(17)16-10-14(6-7-14)8-9-18-5-2;/h11-12H,4-10,15H2,1-3H3,(H,16,17);1H. The Hall–Kier alpha value is -0.320. The molecule has 0 aliphatic heterocycles. The van der Waals surface area contributed by atoms with Crippen molar-refractivity contribution in [2.75, 3.05) is 19.8 Å². The Balaban J connectivity index is 0.00000324. The molecule has 1 aliphatic carbocycles. The van der Waals surface area contributed by atoms with Crippen molar-refractivity contribution < 1.29 is 9.53 Å². The minimum absolute atomic E-state index is 0. The Morgan fingerprint density at radius 3 is 2.53 bits per heavy atom. The van der Waals surface area contributed by atoms with Gasteiger partial charge in [0.15, 0.2) is 0 Å². The molecule has 3 N–H and O–H groups in total. The van der Waals surface area contributed by atoms with Gasteiger partial charge in [0.25, 0.3) is 0 Å². The summed E-state index contributed by atoms with van der Waals surface area (Å²) in [5.74, 6) is 0.232. The highest BCUT2D eigenvalue weighted by Gasteiger charge is 2.42. The lowest BCUT2D eigenvalue weighted by atomic mass is 9.98. The number of nitrogens with one attached hydrogen (secondary N) is 1. The number of halogens is 1. The number of ether oxygens (including phenoxy) is 1. The first-order valence-corrected chi connectivity index (χ1v) is 7.15. The number of carbonyl (C=O) groups is 1. The molecule has 0 bridgehead atoms. The average molecular weight is 293 g/mol. The van der Waals surface area contributed by atoms with Gasteiger partial charge in [-0.15, -0.1) is 12.4 Å². The Morgan fingerprint density at radius 2 is 2.05 bits per heavy atom. The highest BCUT2D eigenvalue weighted by Crippen LogP contribution is 2.48. The van der Waals surface area contributed by atoms with E-state index in [2.05, 4.69) is 12.2 Å². The highest BCUT2D eigenvalue weighted by molar-refractivity contribution is 5.85. The van der Waals surface area contributed by atoms with Crippen molar-refractivity contribution >= 4 is 18.3 Å². The van der Waals surface area contributed by atoms with Gasteiger partial charge in [-0.25, -0.2) is 0 Å². The first kappa shape index (κ1) is 18.7. The summed E-state index contributed by atoms with van der Waals surface area (Å²) in [5.41, 5.74) is 6.20. The molecule has 1 aliphatic rings. The highest BCUT2D eigenvalue weighted by atomic mass is 35.5. The third-order valence-electron chi connectivity index (χ3n) is 4.14. The third-order valence-corrected chi connectivity index (χ3v) is 4.14. The summed E-state index contributed by atoms with van der Waals surface area (Å²) < 4.78 is 5.38. The molecular formula is C14H29ClN2O2.